The SMILES string of the molecule is Cc1occc1-c1nnc(SCC(=O)N(CC#N)c2ccccc2)n1C. The van der Waals surface area contributed by atoms with Gasteiger partial charge in [0.05, 0.1) is 23.6 Å². The quantitative estimate of drug-likeness (QED) is 0.491. The fraction of sp³-hybridized carbons (Fsp3) is 0.222. The molecule has 26 heavy (non-hydrogen) atoms. The zero-order valence-corrected chi connectivity index (χ0v) is 15.2. The molecule has 0 aliphatic rings. The van der Waals surface area contributed by atoms with Crippen LogP contribution in [0.3, 0.4) is 0 Å². The van der Waals surface area contributed by atoms with Gasteiger partial charge in [-0.15, -0.1) is 10.2 Å². The molecule has 0 saturated carbocycles. The summed E-state index contributed by atoms with van der Waals surface area (Å²) in [5.41, 5.74) is 1.57. The number of aromatic nitrogens is 3. The lowest BCUT2D eigenvalue weighted by atomic mass is 10.2. The highest BCUT2D eigenvalue weighted by molar-refractivity contribution is 7.99. The summed E-state index contributed by atoms with van der Waals surface area (Å²) in [6.07, 6.45) is 1.61. The Bertz CT molecular complexity index is 942. The Morgan fingerprint density at radius 3 is 2.73 bits per heavy atom. The molecule has 0 N–H and O–H groups in total. The van der Waals surface area contributed by atoms with Crippen molar-refractivity contribution in [2.24, 2.45) is 7.05 Å². The first kappa shape index (κ1) is 17.8. The van der Waals surface area contributed by atoms with Crippen LogP contribution in [-0.4, -0.2) is 33.0 Å². The summed E-state index contributed by atoms with van der Waals surface area (Å²) in [4.78, 5) is 14.1. The summed E-state index contributed by atoms with van der Waals surface area (Å²) in [6, 6.07) is 13.0. The highest BCUT2D eigenvalue weighted by atomic mass is 32.2. The van der Waals surface area contributed by atoms with Crippen molar-refractivity contribution >= 4 is 23.4 Å². The van der Waals surface area contributed by atoms with Gasteiger partial charge in [-0.1, -0.05) is 30.0 Å². The van der Waals surface area contributed by atoms with E-state index in [2.05, 4.69) is 10.2 Å². The summed E-state index contributed by atoms with van der Waals surface area (Å²) in [5.74, 6) is 1.44. The van der Waals surface area contributed by atoms with Gasteiger partial charge >= 0.3 is 0 Å². The number of anilines is 1. The van der Waals surface area contributed by atoms with Gasteiger partial charge in [-0.25, -0.2) is 0 Å². The van der Waals surface area contributed by atoms with Crippen molar-refractivity contribution < 1.29 is 9.21 Å². The number of furan rings is 1. The van der Waals surface area contributed by atoms with Gasteiger partial charge in [0.15, 0.2) is 11.0 Å². The first-order chi connectivity index (χ1) is 12.6. The summed E-state index contributed by atoms with van der Waals surface area (Å²) in [5, 5.41) is 18.0. The second-order valence-electron chi connectivity index (χ2n) is 5.52. The highest BCUT2D eigenvalue weighted by Crippen LogP contribution is 2.26. The van der Waals surface area contributed by atoms with Crippen LogP contribution in [0, 0.1) is 18.3 Å². The number of nitriles is 1. The number of rotatable bonds is 6. The predicted octanol–water partition coefficient (Wildman–Crippen LogP) is 3.03. The van der Waals surface area contributed by atoms with Gasteiger partial charge in [0, 0.05) is 12.7 Å². The molecule has 0 saturated heterocycles. The van der Waals surface area contributed by atoms with Crippen LogP contribution in [0.1, 0.15) is 5.76 Å². The molecular weight excluding hydrogens is 350 g/mol. The molecule has 0 fully saturated rings. The molecule has 0 aliphatic heterocycles. The van der Waals surface area contributed by atoms with Crippen molar-refractivity contribution in [3.63, 3.8) is 0 Å². The maximum absolute atomic E-state index is 12.6. The third-order valence-electron chi connectivity index (χ3n) is 3.86. The lowest BCUT2D eigenvalue weighted by Crippen LogP contribution is -2.32. The molecule has 0 unspecified atom stereocenters. The summed E-state index contributed by atoms with van der Waals surface area (Å²) < 4.78 is 7.14. The second kappa shape index (κ2) is 7.89. The predicted molar refractivity (Wildman–Crippen MR) is 98.6 cm³/mol. The van der Waals surface area contributed by atoms with E-state index in [1.54, 1.807) is 6.26 Å². The second-order valence-corrected chi connectivity index (χ2v) is 6.46. The fourth-order valence-corrected chi connectivity index (χ4v) is 3.29. The van der Waals surface area contributed by atoms with Crippen LogP contribution >= 0.6 is 11.8 Å². The average Bonchev–Trinajstić information content (AvgIpc) is 3.23. The number of benzene rings is 1. The zero-order valence-electron chi connectivity index (χ0n) is 14.4. The normalized spacial score (nSPS) is 10.5. The van der Waals surface area contributed by atoms with Crippen LogP contribution in [0.15, 0.2) is 52.2 Å². The molecule has 0 aliphatic carbocycles. The van der Waals surface area contributed by atoms with Gasteiger partial charge in [-0.2, -0.15) is 5.26 Å². The maximum atomic E-state index is 12.6. The van der Waals surface area contributed by atoms with Gasteiger partial charge < -0.3 is 8.98 Å². The number of carbonyl (C=O) groups is 1. The van der Waals surface area contributed by atoms with E-state index in [1.807, 2.05) is 61.0 Å². The van der Waals surface area contributed by atoms with Crippen LogP contribution in [0.25, 0.3) is 11.4 Å². The number of aryl methyl sites for hydroxylation is 1. The minimum atomic E-state index is -0.160. The van der Waals surface area contributed by atoms with E-state index in [0.717, 1.165) is 11.3 Å². The topological polar surface area (TPSA) is 88.0 Å². The van der Waals surface area contributed by atoms with Gasteiger partial charge in [-0.3, -0.25) is 9.69 Å². The molecule has 7 nitrogen and oxygen atoms in total. The first-order valence-corrected chi connectivity index (χ1v) is 8.89. The molecular formula is C18H17N5O2S. The molecule has 3 rings (SSSR count). The Labute approximate surface area is 155 Å². The Balaban J connectivity index is 1.72. The Morgan fingerprint density at radius 1 is 1.31 bits per heavy atom. The average molecular weight is 367 g/mol. The van der Waals surface area contributed by atoms with E-state index in [0.29, 0.717) is 16.7 Å². The Hall–Kier alpha value is -3.05. The molecule has 2 heterocycles. The summed E-state index contributed by atoms with van der Waals surface area (Å²) in [7, 11) is 1.85. The third-order valence-corrected chi connectivity index (χ3v) is 4.86. The molecule has 1 aromatic carbocycles. The number of thioether (sulfide) groups is 1. The molecule has 3 aromatic rings. The molecule has 1 amide bonds. The van der Waals surface area contributed by atoms with E-state index in [4.69, 9.17) is 9.68 Å². The van der Waals surface area contributed by atoms with Crippen molar-refractivity contribution in [1.29, 1.82) is 5.26 Å². The molecule has 2 aromatic heterocycles. The fourth-order valence-electron chi connectivity index (χ4n) is 2.50. The van der Waals surface area contributed by atoms with Crippen LogP contribution in [-0.2, 0) is 11.8 Å². The largest absolute Gasteiger partial charge is 0.469 e. The number of hydrogen-bond donors (Lipinski definition) is 0. The maximum Gasteiger partial charge on any atom is 0.238 e. The van der Waals surface area contributed by atoms with Gasteiger partial charge in [0.2, 0.25) is 5.91 Å². The molecule has 0 spiro atoms. The van der Waals surface area contributed by atoms with Crippen molar-refractivity contribution in [3.8, 4) is 17.5 Å². The van der Waals surface area contributed by atoms with Crippen LogP contribution in [0.4, 0.5) is 5.69 Å². The summed E-state index contributed by atoms with van der Waals surface area (Å²) >= 11 is 1.29. The minimum Gasteiger partial charge on any atom is -0.469 e. The Morgan fingerprint density at radius 2 is 2.08 bits per heavy atom. The third kappa shape index (κ3) is 3.63. The van der Waals surface area contributed by atoms with Gasteiger partial charge in [0.25, 0.3) is 0 Å². The zero-order chi connectivity index (χ0) is 18.5. The number of carbonyl (C=O) groups excluding carboxylic acids is 1. The minimum absolute atomic E-state index is 0.00167. The standard InChI is InChI=1S/C18H17N5O2S/c1-13-15(8-11-25-13)17-20-21-18(22(17)2)26-12-16(24)23(10-9-19)14-6-4-3-5-7-14/h3-8,11H,10,12H2,1-2H3. The number of hydrogen-bond acceptors (Lipinski definition) is 6. The van der Waals surface area contributed by atoms with Crippen LogP contribution in [0.5, 0.6) is 0 Å². The molecule has 0 bridgehead atoms. The van der Waals surface area contributed by atoms with Crippen molar-refractivity contribution in [3.05, 3.63) is 48.4 Å². The highest BCUT2D eigenvalue weighted by Gasteiger charge is 2.19. The van der Waals surface area contributed by atoms with Crippen molar-refractivity contribution in [2.45, 2.75) is 12.1 Å². The van der Waals surface area contributed by atoms with E-state index < -0.39 is 0 Å². The molecule has 8 heteroatoms. The molecule has 132 valence electrons. The van der Waals surface area contributed by atoms with E-state index >= 15 is 0 Å². The number of para-hydroxylation sites is 1. The smallest absolute Gasteiger partial charge is 0.238 e. The lowest BCUT2D eigenvalue weighted by Gasteiger charge is -2.19. The van der Waals surface area contributed by atoms with E-state index in [-0.39, 0.29) is 18.2 Å². The number of nitrogens with zero attached hydrogens (tertiary/aromatic N) is 5. The van der Waals surface area contributed by atoms with E-state index in [9.17, 15) is 4.79 Å². The summed E-state index contributed by atoms with van der Waals surface area (Å²) in [6.45, 7) is 1.86. The molecule has 0 radical (unpaired) electrons. The first-order valence-electron chi connectivity index (χ1n) is 7.91. The van der Waals surface area contributed by atoms with E-state index in [1.165, 1.54) is 16.7 Å². The van der Waals surface area contributed by atoms with Gasteiger partial charge in [0.1, 0.15) is 12.3 Å². The van der Waals surface area contributed by atoms with Gasteiger partial charge in [-0.05, 0) is 25.1 Å². The van der Waals surface area contributed by atoms with Crippen molar-refractivity contribution in [1.82, 2.24) is 14.8 Å². The lowest BCUT2D eigenvalue weighted by molar-refractivity contribution is -0.116. The Kier molecular flexibility index (Phi) is 5.39. The monoisotopic (exact) mass is 367 g/mol. The number of amides is 1. The van der Waals surface area contributed by atoms with Crippen molar-refractivity contribution in [2.75, 3.05) is 17.2 Å². The molecule has 0 atom stereocenters. The van der Waals surface area contributed by atoms with Crippen LogP contribution in [0.2, 0.25) is 0 Å². The van der Waals surface area contributed by atoms with Crippen LogP contribution < -0.4 is 4.90 Å².